The third-order valence-electron chi connectivity index (χ3n) is 2.44. The summed E-state index contributed by atoms with van der Waals surface area (Å²) < 4.78 is 0. The number of carbonyl (C=O) groups excluding carboxylic acids is 1. The van der Waals surface area contributed by atoms with Crippen LogP contribution in [0.15, 0.2) is 54.6 Å². The fourth-order valence-electron chi connectivity index (χ4n) is 1.56. The van der Waals surface area contributed by atoms with Gasteiger partial charge in [0.25, 0.3) is 0 Å². The van der Waals surface area contributed by atoms with Gasteiger partial charge in [0.2, 0.25) is 0 Å². The molecule has 1 amide bonds. The summed E-state index contributed by atoms with van der Waals surface area (Å²) in [7, 11) is 5.62. The van der Waals surface area contributed by atoms with E-state index in [1.54, 1.807) is 24.3 Å². The van der Waals surface area contributed by atoms with Crippen molar-refractivity contribution in [2.75, 3.05) is 0 Å². The van der Waals surface area contributed by atoms with Crippen LogP contribution >= 0.6 is 0 Å². The molecule has 2 rings (SSSR count). The van der Waals surface area contributed by atoms with Crippen LogP contribution in [0.5, 0.6) is 0 Å². The fourth-order valence-corrected chi connectivity index (χ4v) is 1.56. The van der Waals surface area contributed by atoms with Gasteiger partial charge in [-0.2, -0.15) is 0 Å². The Bertz CT molecular complexity index is 517. The second-order valence-corrected chi connectivity index (χ2v) is 3.79. The van der Waals surface area contributed by atoms with E-state index in [9.17, 15) is 4.79 Å². The zero-order chi connectivity index (χ0) is 12.1. The van der Waals surface area contributed by atoms with Crippen LogP contribution in [-0.2, 0) is 6.54 Å². The van der Waals surface area contributed by atoms with Crippen LogP contribution < -0.4 is 10.8 Å². The van der Waals surface area contributed by atoms with E-state index in [1.807, 2.05) is 30.3 Å². The zero-order valence-corrected chi connectivity index (χ0v) is 10.3. The summed E-state index contributed by atoms with van der Waals surface area (Å²) >= 11 is 0. The smallest absolute Gasteiger partial charge is 0.870 e. The molecule has 0 fully saturated rings. The maximum atomic E-state index is 11.8. The second kappa shape index (κ2) is 8.08. The van der Waals surface area contributed by atoms with Gasteiger partial charge in [-0.3, -0.25) is 0 Å². The first-order valence-corrected chi connectivity index (χ1v) is 5.43. The molecule has 0 spiro atoms. The van der Waals surface area contributed by atoms with Gasteiger partial charge < -0.3 is 11.0 Å². The third kappa shape index (κ3) is 4.95. The fraction of sp³-hybridized carbons (Fsp3) is 0.0714. The summed E-state index contributed by atoms with van der Waals surface area (Å²) in [6.45, 7) is 0.522. The summed E-state index contributed by atoms with van der Waals surface area (Å²) in [5, 5.41) is 2.85. The average Bonchev–Trinajstić information content (AvgIpc) is 2.37. The number of nitrogens with one attached hydrogen (secondary N) is 1. The van der Waals surface area contributed by atoms with E-state index in [0.29, 0.717) is 17.6 Å². The molecule has 4 nitrogen and oxygen atoms in total. The van der Waals surface area contributed by atoms with Crippen molar-refractivity contribution in [1.82, 2.24) is 5.32 Å². The largest absolute Gasteiger partial charge is 0.870 e. The van der Waals surface area contributed by atoms with Crippen molar-refractivity contribution in [1.29, 1.82) is 0 Å². The molecule has 0 heterocycles. The van der Waals surface area contributed by atoms with E-state index < -0.39 is 0 Å². The maximum Gasteiger partial charge on any atom is -0.870 e. The molecule has 96 valence electrons. The molecule has 2 aromatic carbocycles. The van der Waals surface area contributed by atoms with E-state index in [-0.39, 0.29) is 16.9 Å². The Hall–Kier alpha value is -2.11. The number of carbonyl (C=O) groups is 1. The van der Waals surface area contributed by atoms with Crippen LogP contribution in [0.25, 0.3) is 0 Å². The number of hydrogen-bond donors (Lipinski definition) is 1. The summed E-state index contributed by atoms with van der Waals surface area (Å²) in [5.74, 6) is -0.110. The SMILES string of the molecule is [B+2]c1cccc(C(=O)NCc2ccccc2)c1.[OH-].[OH-]. The van der Waals surface area contributed by atoms with E-state index in [0.717, 1.165) is 5.56 Å². The summed E-state index contributed by atoms with van der Waals surface area (Å²) in [6, 6.07) is 16.7. The van der Waals surface area contributed by atoms with E-state index in [2.05, 4.69) is 5.32 Å². The van der Waals surface area contributed by atoms with Gasteiger partial charge in [0.15, 0.2) is 0 Å². The van der Waals surface area contributed by atoms with Crippen molar-refractivity contribution < 1.29 is 15.7 Å². The minimum atomic E-state index is -0.110. The summed E-state index contributed by atoms with van der Waals surface area (Å²) in [4.78, 5) is 11.8. The molecular formula is C14H14BNO3. The third-order valence-corrected chi connectivity index (χ3v) is 2.44. The number of amides is 1. The van der Waals surface area contributed by atoms with Crippen molar-refractivity contribution in [2.45, 2.75) is 6.54 Å². The summed E-state index contributed by atoms with van der Waals surface area (Å²) in [6.07, 6.45) is 0. The molecule has 19 heavy (non-hydrogen) atoms. The van der Waals surface area contributed by atoms with Gasteiger partial charge in [-0.15, -0.1) is 0 Å². The molecule has 0 aromatic heterocycles. The van der Waals surface area contributed by atoms with Gasteiger partial charge in [-0.1, -0.05) is 0 Å². The zero-order valence-electron chi connectivity index (χ0n) is 10.3. The Kier molecular flexibility index (Phi) is 7.18. The maximum absolute atomic E-state index is 11.8. The first-order chi connectivity index (χ1) is 8.25. The van der Waals surface area contributed by atoms with E-state index >= 15 is 0 Å². The Morgan fingerprint density at radius 2 is 1.68 bits per heavy atom. The van der Waals surface area contributed by atoms with Crippen molar-refractivity contribution in [3.63, 3.8) is 0 Å². The first-order valence-electron chi connectivity index (χ1n) is 5.43. The molecule has 0 radical (unpaired) electrons. The van der Waals surface area contributed by atoms with Crippen molar-refractivity contribution >= 4 is 19.2 Å². The summed E-state index contributed by atoms with van der Waals surface area (Å²) in [5.41, 5.74) is 2.25. The van der Waals surface area contributed by atoms with Crippen molar-refractivity contribution in [3.05, 3.63) is 65.7 Å². The van der Waals surface area contributed by atoms with Crippen LogP contribution in [0.4, 0.5) is 0 Å². The van der Waals surface area contributed by atoms with Crippen LogP contribution in [-0.4, -0.2) is 24.7 Å². The monoisotopic (exact) mass is 255 g/mol. The Morgan fingerprint density at radius 3 is 2.32 bits per heavy atom. The average molecular weight is 255 g/mol. The predicted molar refractivity (Wildman–Crippen MR) is 73.3 cm³/mol. The first kappa shape index (κ1) is 16.9. The van der Waals surface area contributed by atoms with Gasteiger partial charge >= 0.3 is 102 Å². The molecule has 2 aromatic rings. The van der Waals surface area contributed by atoms with E-state index in [4.69, 9.17) is 7.85 Å². The van der Waals surface area contributed by atoms with Crippen molar-refractivity contribution in [3.8, 4) is 0 Å². The van der Waals surface area contributed by atoms with Crippen molar-refractivity contribution in [2.24, 2.45) is 0 Å². The normalized spacial score (nSPS) is 8.95. The molecule has 0 saturated carbocycles. The predicted octanol–water partition coefficient (Wildman–Crippen LogP) is 1.06. The number of rotatable bonds is 3. The van der Waals surface area contributed by atoms with Gasteiger partial charge in [0, 0.05) is 0 Å². The van der Waals surface area contributed by atoms with Crippen LogP contribution in [0, 0.1) is 0 Å². The Morgan fingerprint density at radius 1 is 1.00 bits per heavy atom. The molecule has 0 bridgehead atoms. The van der Waals surface area contributed by atoms with Crippen LogP contribution in [0.3, 0.4) is 0 Å². The van der Waals surface area contributed by atoms with Gasteiger partial charge in [0.05, 0.1) is 0 Å². The molecular weight excluding hydrogens is 241 g/mol. The van der Waals surface area contributed by atoms with E-state index in [1.165, 1.54) is 0 Å². The molecule has 0 unspecified atom stereocenters. The number of hydrogen-bond acceptors (Lipinski definition) is 3. The van der Waals surface area contributed by atoms with Gasteiger partial charge in [0.1, 0.15) is 0 Å². The quantitative estimate of drug-likeness (QED) is 0.831. The molecule has 3 N–H and O–H groups in total. The Labute approximate surface area is 113 Å². The minimum Gasteiger partial charge on any atom is -0.870 e. The van der Waals surface area contributed by atoms with Gasteiger partial charge in [-0.05, 0) is 0 Å². The standard InChI is InChI=1S/C14H12BNO.2H2O/c15-13-8-4-7-12(9-13)14(17)16-10-11-5-2-1-3-6-11;;/h1-9H,10H2,(H,16,17);2*1H2/q+2;;/p-2. The topological polar surface area (TPSA) is 89.1 Å². The Balaban J connectivity index is 0.00000162. The molecule has 0 atom stereocenters. The number of benzene rings is 2. The molecule has 0 aliphatic heterocycles. The molecule has 0 aliphatic rings. The van der Waals surface area contributed by atoms with Crippen LogP contribution in [0.1, 0.15) is 15.9 Å². The molecule has 0 aliphatic carbocycles. The minimum absolute atomic E-state index is 0. The van der Waals surface area contributed by atoms with Gasteiger partial charge in [-0.25, -0.2) is 0 Å². The second-order valence-electron chi connectivity index (χ2n) is 3.79. The molecule has 0 saturated heterocycles. The van der Waals surface area contributed by atoms with Crippen LogP contribution in [0.2, 0.25) is 0 Å². The molecule has 5 heteroatoms.